The zero-order chi connectivity index (χ0) is 9.10. The third-order valence-corrected chi connectivity index (χ3v) is 4.90. The van der Waals surface area contributed by atoms with Gasteiger partial charge in [-0.05, 0) is 39.3 Å². The van der Waals surface area contributed by atoms with Gasteiger partial charge in [0, 0.05) is 12.8 Å². The van der Waals surface area contributed by atoms with Crippen LogP contribution in [0.25, 0.3) is 0 Å². The van der Waals surface area contributed by atoms with E-state index in [-0.39, 0.29) is 0 Å². The van der Waals surface area contributed by atoms with E-state index < -0.39 is 0 Å². The molecule has 2 rings (SSSR count). The summed E-state index contributed by atoms with van der Waals surface area (Å²) in [5.74, 6) is 2.60. The van der Waals surface area contributed by atoms with Gasteiger partial charge in [0.1, 0.15) is 5.78 Å². The maximum atomic E-state index is 11.0. The van der Waals surface area contributed by atoms with Crippen LogP contribution in [-0.4, -0.2) is 22.7 Å². The number of thiophene rings is 1. The molecule has 1 nitrogen and oxygen atoms in total. The summed E-state index contributed by atoms with van der Waals surface area (Å²) in [6.07, 6.45) is 1.59. The lowest BCUT2D eigenvalue weighted by molar-refractivity contribution is -0.118. The summed E-state index contributed by atoms with van der Waals surface area (Å²) in [5.41, 5.74) is 1.34. The second kappa shape index (κ2) is 4.20. The number of ketones is 1. The lowest BCUT2D eigenvalue weighted by atomic mass is 10.2. The van der Waals surface area contributed by atoms with Gasteiger partial charge in [-0.3, -0.25) is 4.79 Å². The van der Waals surface area contributed by atoms with Crippen LogP contribution in [0.2, 0.25) is 0 Å². The minimum absolute atomic E-state index is 0.366. The summed E-state index contributed by atoms with van der Waals surface area (Å²) in [6, 6.07) is 2.15. The maximum Gasteiger partial charge on any atom is 0.134 e. The van der Waals surface area contributed by atoms with Gasteiger partial charge in [-0.15, -0.1) is 0 Å². The largest absolute Gasteiger partial charge is 0.300 e. The Bertz CT molecular complexity index is 313. The Morgan fingerprint density at radius 1 is 1.38 bits per heavy atom. The highest BCUT2D eigenvalue weighted by molar-refractivity contribution is 8.15. The van der Waals surface area contributed by atoms with E-state index >= 15 is 0 Å². The van der Waals surface area contributed by atoms with Crippen LogP contribution >= 0.6 is 21.8 Å². The summed E-state index contributed by atoms with van der Waals surface area (Å²) in [7, 11) is 0.366. The molecular weight excluding hydrogens is 200 g/mol. The molecule has 3 heteroatoms. The predicted octanol–water partition coefficient (Wildman–Crippen LogP) is 2.53. The molecule has 0 aliphatic carbocycles. The first-order valence-electron chi connectivity index (χ1n) is 4.40. The van der Waals surface area contributed by atoms with Gasteiger partial charge < -0.3 is 0 Å². The van der Waals surface area contributed by atoms with Crippen molar-refractivity contribution in [3.8, 4) is 0 Å². The predicted molar refractivity (Wildman–Crippen MR) is 61.1 cm³/mol. The summed E-state index contributed by atoms with van der Waals surface area (Å²) in [4.78, 5) is 11.0. The molecule has 0 spiro atoms. The SMILES string of the molecule is O=C1CCS(=Cc2ccsc2)CC1. The third kappa shape index (κ3) is 2.51. The molecular formula is C10H12OS2. The first-order valence-corrected chi connectivity index (χ1v) is 6.96. The Morgan fingerprint density at radius 2 is 2.15 bits per heavy atom. The van der Waals surface area contributed by atoms with E-state index in [1.807, 2.05) is 0 Å². The fraction of sp³-hybridized carbons (Fsp3) is 0.400. The Kier molecular flexibility index (Phi) is 2.96. The van der Waals surface area contributed by atoms with Gasteiger partial charge in [-0.1, -0.05) is 0 Å². The Labute approximate surface area is 84.7 Å². The van der Waals surface area contributed by atoms with Crippen LogP contribution in [0, 0.1) is 0 Å². The van der Waals surface area contributed by atoms with Crippen LogP contribution in [0.3, 0.4) is 0 Å². The summed E-state index contributed by atoms with van der Waals surface area (Å²) >= 11 is 1.73. The van der Waals surface area contributed by atoms with Crippen LogP contribution in [-0.2, 0) is 4.79 Å². The smallest absolute Gasteiger partial charge is 0.134 e. The molecule has 13 heavy (non-hydrogen) atoms. The van der Waals surface area contributed by atoms with Crippen molar-refractivity contribution < 1.29 is 4.79 Å². The van der Waals surface area contributed by atoms with Crippen molar-refractivity contribution in [2.24, 2.45) is 0 Å². The molecule has 1 saturated heterocycles. The van der Waals surface area contributed by atoms with Crippen molar-refractivity contribution in [3.63, 3.8) is 0 Å². The summed E-state index contributed by atoms with van der Waals surface area (Å²) < 4.78 is 0. The Morgan fingerprint density at radius 3 is 2.77 bits per heavy atom. The number of carbonyl (C=O) groups excluding carboxylic acids is 1. The summed E-state index contributed by atoms with van der Waals surface area (Å²) in [5, 5.41) is 6.61. The Hall–Kier alpha value is -0.410. The van der Waals surface area contributed by atoms with E-state index in [0.717, 1.165) is 24.3 Å². The lowest BCUT2D eigenvalue weighted by Gasteiger charge is -2.13. The maximum absolute atomic E-state index is 11.0. The molecule has 0 saturated carbocycles. The molecule has 1 aliphatic heterocycles. The normalized spacial score (nSPS) is 18.9. The Balaban J connectivity index is 2.05. The molecule has 0 unspecified atom stereocenters. The van der Waals surface area contributed by atoms with Crippen LogP contribution in [0.5, 0.6) is 0 Å². The molecule has 1 aliphatic rings. The van der Waals surface area contributed by atoms with Crippen LogP contribution in [0.15, 0.2) is 16.8 Å². The van der Waals surface area contributed by atoms with Crippen molar-refractivity contribution in [3.05, 3.63) is 22.4 Å². The van der Waals surface area contributed by atoms with Crippen molar-refractivity contribution in [1.82, 2.24) is 0 Å². The molecule has 70 valence electrons. The number of hydrogen-bond acceptors (Lipinski definition) is 2. The number of rotatable bonds is 1. The second-order valence-electron chi connectivity index (χ2n) is 3.16. The molecule has 1 aromatic heterocycles. The third-order valence-electron chi connectivity index (χ3n) is 2.13. The van der Waals surface area contributed by atoms with Gasteiger partial charge in [0.15, 0.2) is 0 Å². The molecule has 0 N–H and O–H groups in total. The van der Waals surface area contributed by atoms with Gasteiger partial charge in [0.2, 0.25) is 0 Å². The van der Waals surface area contributed by atoms with E-state index in [1.165, 1.54) is 5.56 Å². The lowest BCUT2D eigenvalue weighted by Crippen LogP contribution is -2.10. The molecule has 2 heterocycles. The molecule has 1 aromatic rings. The van der Waals surface area contributed by atoms with E-state index in [4.69, 9.17) is 0 Å². The van der Waals surface area contributed by atoms with Crippen molar-refractivity contribution in [2.45, 2.75) is 12.8 Å². The monoisotopic (exact) mass is 212 g/mol. The summed E-state index contributed by atoms with van der Waals surface area (Å²) in [6.45, 7) is 0. The van der Waals surface area contributed by atoms with E-state index in [2.05, 4.69) is 22.2 Å². The standard InChI is InChI=1S/C10H12OS2/c11-10-2-5-13(6-3-10)8-9-1-4-12-7-9/h1,4,7-8H,2-3,5-6H2. The first-order chi connectivity index (χ1) is 6.34. The molecule has 0 atom stereocenters. The zero-order valence-electron chi connectivity index (χ0n) is 7.36. The van der Waals surface area contributed by atoms with Gasteiger partial charge in [-0.2, -0.15) is 21.8 Å². The van der Waals surface area contributed by atoms with Crippen LogP contribution in [0.4, 0.5) is 0 Å². The van der Waals surface area contributed by atoms with Crippen molar-refractivity contribution in [2.75, 3.05) is 11.5 Å². The van der Waals surface area contributed by atoms with Gasteiger partial charge in [0.05, 0.1) is 0 Å². The molecule has 0 radical (unpaired) electrons. The highest BCUT2D eigenvalue weighted by Crippen LogP contribution is 2.23. The number of hydrogen-bond donors (Lipinski definition) is 0. The average molecular weight is 212 g/mol. The van der Waals surface area contributed by atoms with Crippen molar-refractivity contribution in [1.29, 1.82) is 0 Å². The van der Waals surface area contributed by atoms with Gasteiger partial charge >= 0.3 is 0 Å². The molecule has 0 bridgehead atoms. The fourth-order valence-electron chi connectivity index (χ4n) is 1.37. The fourth-order valence-corrected chi connectivity index (χ4v) is 4.02. The van der Waals surface area contributed by atoms with Crippen LogP contribution < -0.4 is 0 Å². The zero-order valence-corrected chi connectivity index (χ0v) is 9.00. The molecule has 0 aromatic carbocycles. The van der Waals surface area contributed by atoms with Crippen molar-refractivity contribution >= 4 is 33.0 Å². The minimum Gasteiger partial charge on any atom is -0.300 e. The van der Waals surface area contributed by atoms with Crippen LogP contribution in [0.1, 0.15) is 18.4 Å². The quantitative estimate of drug-likeness (QED) is 0.654. The second-order valence-corrected chi connectivity index (χ2v) is 6.07. The van der Waals surface area contributed by atoms with Gasteiger partial charge in [0.25, 0.3) is 0 Å². The number of Topliss-reactive ketones (excluding diaryl/α,β-unsaturated/α-hetero) is 1. The van der Waals surface area contributed by atoms with E-state index in [9.17, 15) is 4.79 Å². The van der Waals surface area contributed by atoms with Gasteiger partial charge in [-0.25, -0.2) is 0 Å². The molecule has 1 fully saturated rings. The van der Waals surface area contributed by atoms with E-state index in [1.54, 1.807) is 11.3 Å². The highest BCUT2D eigenvalue weighted by Gasteiger charge is 2.10. The minimum atomic E-state index is 0.366. The topological polar surface area (TPSA) is 17.1 Å². The molecule has 0 amide bonds. The average Bonchev–Trinajstić information content (AvgIpc) is 2.62. The number of carbonyl (C=O) groups is 1. The highest BCUT2D eigenvalue weighted by atomic mass is 32.2. The first kappa shape index (κ1) is 9.16. The van der Waals surface area contributed by atoms with E-state index in [0.29, 0.717) is 16.3 Å².